The maximum atomic E-state index is 12.9. The molecule has 0 unspecified atom stereocenters. The Kier molecular flexibility index (Phi) is 8.02. The smallest absolute Gasteiger partial charge is 0.490 e. The van der Waals surface area contributed by atoms with Gasteiger partial charge in [-0.15, -0.1) is 0 Å². The van der Waals surface area contributed by atoms with Crippen molar-refractivity contribution in [2.45, 2.75) is 44.3 Å². The van der Waals surface area contributed by atoms with Crippen LogP contribution in [-0.4, -0.2) is 54.3 Å². The second kappa shape index (κ2) is 11.2. The highest BCUT2D eigenvalue weighted by Crippen LogP contribution is 2.28. The van der Waals surface area contributed by atoms with Gasteiger partial charge >= 0.3 is 12.1 Å². The first-order valence-electron chi connectivity index (χ1n) is 12.2. The van der Waals surface area contributed by atoms with Crippen LogP contribution in [0.5, 0.6) is 5.75 Å². The summed E-state index contributed by atoms with van der Waals surface area (Å²) >= 11 is 0. The minimum Gasteiger partial charge on any atom is -0.497 e. The van der Waals surface area contributed by atoms with Crippen LogP contribution < -0.4 is 10.1 Å². The maximum absolute atomic E-state index is 12.9. The summed E-state index contributed by atoms with van der Waals surface area (Å²) < 4.78 is 37.0. The summed E-state index contributed by atoms with van der Waals surface area (Å²) in [7, 11) is 1.66. The SMILES string of the molecule is COc1ccc2cc(C(=O)Nc3ccc4c(c3)CCN(C3CCC3)CC4)ccc2c1.O=C(O)C(F)(F)F. The number of methoxy groups -OCH3 is 1. The number of benzene rings is 3. The number of hydrogen-bond donors (Lipinski definition) is 2. The fourth-order valence-corrected chi connectivity index (χ4v) is 4.63. The average molecular weight is 515 g/mol. The lowest BCUT2D eigenvalue weighted by Crippen LogP contribution is -2.41. The van der Waals surface area contributed by atoms with Gasteiger partial charge in [-0.05, 0) is 84.0 Å². The molecule has 1 aliphatic carbocycles. The summed E-state index contributed by atoms with van der Waals surface area (Å²) in [5, 5.41) is 12.3. The zero-order valence-corrected chi connectivity index (χ0v) is 20.5. The van der Waals surface area contributed by atoms with Crippen LogP contribution in [0.3, 0.4) is 0 Å². The number of carboxylic acid groups (broad SMARTS) is 1. The number of alkyl halides is 3. The van der Waals surface area contributed by atoms with Gasteiger partial charge in [-0.25, -0.2) is 4.79 Å². The van der Waals surface area contributed by atoms with Crippen LogP contribution in [0.2, 0.25) is 0 Å². The van der Waals surface area contributed by atoms with Gasteiger partial charge in [-0.2, -0.15) is 13.2 Å². The lowest BCUT2D eigenvalue weighted by atomic mass is 9.91. The van der Waals surface area contributed by atoms with E-state index in [1.807, 2.05) is 42.5 Å². The average Bonchev–Trinajstić information content (AvgIpc) is 3.04. The van der Waals surface area contributed by atoms with Crippen LogP contribution in [0.15, 0.2) is 54.6 Å². The number of halogens is 3. The van der Waals surface area contributed by atoms with Crippen LogP contribution in [0.1, 0.15) is 40.7 Å². The second-order valence-corrected chi connectivity index (χ2v) is 9.29. The van der Waals surface area contributed by atoms with Crippen LogP contribution >= 0.6 is 0 Å². The fraction of sp³-hybridized carbons (Fsp3) is 0.357. The Morgan fingerprint density at radius 2 is 1.59 bits per heavy atom. The van der Waals surface area contributed by atoms with Crippen molar-refractivity contribution >= 4 is 28.3 Å². The molecule has 3 aromatic rings. The number of nitrogens with one attached hydrogen (secondary N) is 1. The van der Waals surface area contributed by atoms with Crippen molar-refractivity contribution in [1.82, 2.24) is 4.90 Å². The Labute approximate surface area is 213 Å². The van der Waals surface area contributed by atoms with Crippen LogP contribution in [0.4, 0.5) is 18.9 Å². The van der Waals surface area contributed by atoms with Gasteiger partial charge in [0.15, 0.2) is 0 Å². The summed E-state index contributed by atoms with van der Waals surface area (Å²) in [5.74, 6) is -2.01. The predicted molar refractivity (Wildman–Crippen MR) is 135 cm³/mol. The van der Waals surface area contributed by atoms with Crippen molar-refractivity contribution in [2.75, 3.05) is 25.5 Å². The number of carbonyl (C=O) groups excluding carboxylic acids is 1. The minimum absolute atomic E-state index is 0.0719. The normalized spacial score (nSPS) is 16.0. The number of rotatable bonds is 4. The molecule has 0 bridgehead atoms. The molecule has 3 aromatic carbocycles. The molecule has 1 heterocycles. The molecule has 9 heteroatoms. The Balaban J connectivity index is 0.000000405. The highest BCUT2D eigenvalue weighted by Gasteiger charge is 2.38. The third-order valence-electron chi connectivity index (χ3n) is 6.94. The van der Waals surface area contributed by atoms with Gasteiger partial charge in [0, 0.05) is 30.4 Å². The van der Waals surface area contributed by atoms with Crippen molar-refractivity contribution in [1.29, 1.82) is 0 Å². The number of hydrogen-bond acceptors (Lipinski definition) is 4. The second-order valence-electron chi connectivity index (χ2n) is 9.29. The third-order valence-corrected chi connectivity index (χ3v) is 6.94. The van der Waals surface area contributed by atoms with Gasteiger partial charge < -0.3 is 15.2 Å². The standard InChI is InChI=1S/C26H28N2O2.C2HF3O2/c1-30-25-10-8-19-15-22(6-5-20(19)17-25)26(29)27-23-9-7-18-11-13-28(24-3-2-4-24)14-12-21(18)16-23;3-2(4,5)1(6)7/h5-10,15-17,24H,2-4,11-14H2,1H3,(H,27,29);(H,6,7). The zero-order chi connectivity index (χ0) is 26.6. The minimum atomic E-state index is -5.08. The summed E-state index contributed by atoms with van der Waals surface area (Å²) in [5.41, 5.74) is 4.35. The molecule has 6 nitrogen and oxygen atoms in total. The number of aliphatic carboxylic acids is 1. The Morgan fingerprint density at radius 1 is 0.946 bits per heavy atom. The number of amides is 1. The molecule has 2 aliphatic rings. The molecular weight excluding hydrogens is 485 g/mol. The summed E-state index contributed by atoms with van der Waals surface area (Å²) in [4.78, 5) is 24.4. The first-order valence-corrected chi connectivity index (χ1v) is 12.2. The largest absolute Gasteiger partial charge is 0.497 e. The predicted octanol–water partition coefficient (Wildman–Crippen LogP) is 5.69. The summed E-state index contributed by atoms with van der Waals surface area (Å²) in [6, 6.07) is 18.9. The van der Waals surface area contributed by atoms with E-state index in [1.165, 1.54) is 30.4 Å². The highest BCUT2D eigenvalue weighted by molar-refractivity contribution is 6.06. The zero-order valence-electron chi connectivity index (χ0n) is 20.5. The highest BCUT2D eigenvalue weighted by atomic mass is 19.4. The first kappa shape index (κ1) is 26.5. The van der Waals surface area contributed by atoms with Gasteiger partial charge in [0.2, 0.25) is 0 Å². The number of carboxylic acids is 1. The van der Waals surface area contributed by atoms with Crippen molar-refractivity contribution in [3.63, 3.8) is 0 Å². The maximum Gasteiger partial charge on any atom is 0.490 e. The molecule has 0 saturated heterocycles. The van der Waals surface area contributed by atoms with Gasteiger partial charge in [-0.3, -0.25) is 9.69 Å². The number of anilines is 1. The number of ether oxygens (including phenoxy) is 1. The molecule has 1 fully saturated rings. The van der Waals surface area contributed by atoms with E-state index >= 15 is 0 Å². The first-order chi connectivity index (χ1) is 17.6. The fourth-order valence-electron chi connectivity index (χ4n) is 4.63. The lowest BCUT2D eigenvalue weighted by molar-refractivity contribution is -0.192. The number of fused-ring (bicyclic) bond motifs is 2. The molecule has 196 valence electrons. The van der Waals surface area contributed by atoms with Crippen molar-refractivity contribution in [3.05, 3.63) is 71.3 Å². The molecule has 37 heavy (non-hydrogen) atoms. The Morgan fingerprint density at radius 3 is 2.22 bits per heavy atom. The van der Waals surface area contributed by atoms with Crippen molar-refractivity contribution < 1.29 is 32.6 Å². The van der Waals surface area contributed by atoms with E-state index in [4.69, 9.17) is 14.6 Å². The molecule has 0 aromatic heterocycles. The van der Waals surface area contributed by atoms with Gasteiger partial charge in [0.1, 0.15) is 5.75 Å². The monoisotopic (exact) mass is 514 g/mol. The molecule has 0 atom stereocenters. The topological polar surface area (TPSA) is 78.9 Å². The Bertz CT molecular complexity index is 1290. The van der Waals surface area contributed by atoms with Crippen molar-refractivity contribution in [2.24, 2.45) is 0 Å². The number of nitrogens with zero attached hydrogens (tertiary/aromatic N) is 1. The Hall–Kier alpha value is -3.59. The van der Waals surface area contributed by atoms with E-state index in [0.717, 1.165) is 54.2 Å². The molecular formula is C28H29F3N2O4. The molecule has 1 saturated carbocycles. The lowest BCUT2D eigenvalue weighted by Gasteiger charge is -2.36. The summed E-state index contributed by atoms with van der Waals surface area (Å²) in [6.45, 7) is 2.29. The summed E-state index contributed by atoms with van der Waals surface area (Å²) in [6.07, 6.45) is 1.18. The van der Waals surface area contributed by atoms with E-state index < -0.39 is 12.1 Å². The third kappa shape index (κ3) is 6.60. The molecule has 0 radical (unpaired) electrons. The van der Waals surface area contributed by atoms with Crippen LogP contribution in [0.25, 0.3) is 10.8 Å². The van der Waals surface area contributed by atoms with E-state index in [1.54, 1.807) is 7.11 Å². The molecule has 1 aliphatic heterocycles. The molecule has 5 rings (SSSR count). The van der Waals surface area contributed by atoms with E-state index in [2.05, 4.69) is 22.3 Å². The van der Waals surface area contributed by atoms with E-state index in [-0.39, 0.29) is 5.91 Å². The van der Waals surface area contributed by atoms with Crippen LogP contribution in [-0.2, 0) is 17.6 Å². The van der Waals surface area contributed by atoms with Crippen LogP contribution in [0, 0.1) is 0 Å². The van der Waals surface area contributed by atoms with Gasteiger partial charge in [-0.1, -0.05) is 24.6 Å². The molecule has 2 N–H and O–H groups in total. The van der Waals surface area contributed by atoms with E-state index in [0.29, 0.717) is 5.56 Å². The molecule has 0 spiro atoms. The van der Waals surface area contributed by atoms with Crippen molar-refractivity contribution in [3.8, 4) is 5.75 Å². The molecule has 1 amide bonds. The number of carbonyl (C=O) groups is 2. The quantitative estimate of drug-likeness (QED) is 0.468. The van der Waals surface area contributed by atoms with Gasteiger partial charge in [0.05, 0.1) is 7.11 Å². The van der Waals surface area contributed by atoms with Gasteiger partial charge in [0.25, 0.3) is 5.91 Å². The van der Waals surface area contributed by atoms with E-state index in [9.17, 15) is 18.0 Å².